The zero-order chi connectivity index (χ0) is 14.0. The molecule has 1 saturated carbocycles. The van der Waals surface area contributed by atoms with Crippen LogP contribution in [0.25, 0.3) is 0 Å². The second kappa shape index (κ2) is 5.83. The molecule has 19 heavy (non-hydrogen) atoms. The van der Waals surface area contributed by atoms with Crippen molar-refractivity contribution in [3.8, 4) is 0 Å². The second-order valence-corrected chi connectivity index (χ2v) is 6.17. The van der Waals surface area contributed by atoms with Gasteiger partial charge in [-0.25, -0.2) is 4.79 Å². The Balaban J connectivity index is 2.08. The van der Waals surface area contributed by atoms with Gasteiger partial charge in [0.2, 0.25) is 0 Å². The Morgan fingerprint density at radius 1 is 1.26 bits per heavy atom. The van der Waals surface area contributed by atoms with Gasteiger partial charge >= 0.3 is 5.97 Å². The molecule has 0 aromatic heterocycles. The lowest BCUT2D eigenvalue weighted by Gasteiger charge is -2.32. The normalized spacial score (nSPS) is 27.0. The molecule has 3 nitrogen and oxygen atoms in total. The largest absolute Gasteiger partial charge is 0.478 e. The molecule has 2 unspecified atom stereocenters. The number of carboxylic acid groups (broad SMARTS) is 1. The summed E-state index contributed by atoms with van der Waals surface area (Å²) >= 11 is 6.14. The van der Waals surface area contributed by atoms with Gasteiger partial charge in [-0.05, 0) is 49.3 Å². The molecule has 1 fully saturated rings. The number of benzene rings is 1. The fourth-order valence-corrected chi connectivity index (χ4v) is 3.29. The maximum Gasteiger partial charge on any atom is 0.335 e. The SMILES string of the molecule is CC1CC(C)CC(Nc2ccc(C(=O)O)cc2Cl)C1. The number of aromatic carboxylic acids is 1. The third-order valence-electron chi connectivity index (χ3n) is 3.75. The van der Waals surface area contributed by atoms with E-state index in [-0.39, 0.29) is 5.56 Å². The summed E-state index contributed by atoms with van der Waals surface area (Å²) in [5.74, 6) is 0.491. The van der Waals surface area contributed by atoms with Crippen LogP contribution in [0, 0.1) is 11.8 Å². The van der Waals surface area contributed by atoms with Crippen molar-refractivity contribution in [1.29, 1.82) is 0 Å². The Morgan fingerprint density at radius 3 is 2.42 bits per heavy atom. The third kappa shape index (κ3) is 3.63. The number of halogens is 1. The lowest BCUT2D eigenvalue weighted by molar-refractivity contribution is 0.0697. The first-order valence-corrected chi connectivity index (χ1v) is 7.13. The molecule has 0 heterocycles. The van der Waals surface area contributed by atoms with Crippen LogP contribution in [0.2, 0.25) is 5.02 Å². The maximum absolute atomic E-state index is 10.9. The summed E-state index contributed by atoms with van der Waals surface area (Å²) in [5, 5.41) is 12.8. The molecule has 1 aromatic rings. The van der Waals surface area contributed by atoms with Crippen LogP contribution in [0.4, 0.5) is 5.69 Å². The Morgan fingerprint density at radius 2 is 1.89 bits per heavy atom. The molecule has 0 radical (unpaired) electrons. The van der Waals surface area contributed by atoms with E-state index in [1.807, 2.05) is 0 Å². The van der Waals surface area contributed by atoms with E-state index in [2.05, 4.69) is 19.2 Å². The van der Waals surface area contributed by atoms with Gasteiger partial charge in [0.1, 0.15) is 0 Å². The van der Waals surface area contributed by atoms with Crippen molar-refractivity contribution < 1.29 is 9.90 Å². The Bertz CT molecular complexity index is 465. The molecule has 0 aliphatic heterocycles. The van der Waals surface area contributed by atoms with Gasteiger partial charge in [-0.3, -0.25) is 0 Å². The van der Waals surface area contributed by atoms with Gasteiger partial charge in [-0.1, -0.05) is 25.4 Å². The number of carbonyl (C=O) groups is 1. The van der Waals surface area contributed by atoms with Crippen LogP contribution < -0.4 is 5.32 Å². The molecule has 104 valence electrons. The number of rotatable bonds is 3. The highest BCUT2D eigenvalue weighted by molar-refractivity contribution is 6.33. The van der Waals surface area contributed by atoms with Crippen molar-refractivity contribution in [1.82, 2.24) is 0 Å². The van der Waals surface area contributed by atoms with E-state index in [0.717, 1.165) is 30.4 Å². The highest BCUT2D eigenvalue weighted by atomic mass is 35.5. The zero-order valence-electron chi connectivity index (χ0n) is 11.3. The molecule has 4 heteroatoms. The molecule has 2 atom stereocenters. The van der Waals surface area contributed by atoms with Gasteiger partial charge < -0.3 is 10.4 Å². The monoisotopic (exact) mass is 281 g/mol. The first-order chi connectivity index (χ1) is 8.95. The molecule has 2 rings (SSSR count). The average Bonchev–Trinajstić information content (AvgIpc) is 2.30. The molecule has 0 amide bonds. The van der Waals surface area contributed by atoms with Crippen LogP contribution in [0.3, 0.4) is 0 Å². The lowest BCUT2D eigenvalue weighted by atomic mass is 9.80. The number of nitrogens with one attached hydrogen (secondary N) is 1. The molecule has 2 N–H and O–H groups in total. The van der Waals surface area contributed by atoms with Crippen LogP contribution in [0.15, 0.2) is 18.2 Å². The summed E-state index contributed by atoms with van der Waals surface area (Å²) in [5.41, 5.74) is 1.05. The number of carboxylic acids is 1. The van der Waals surface area contributed by atoms with E-state index < -0.39 is 5.97 Å². The van der Waals surface area contributed by atoms with Crippen LogP contribution in [-0.2, 0) is 0 Å². The number of hydrogen-bond acceptors (Lipinski definition) is 2. The van der Waals surface area contributed by atoms with Gasteiger partial charge in [-0.2, -0.15) is 0 Å². The predicted molar refractivity (Wildman–Crippen MR) is 78.0 cm³/mol. The van der Waals surface area contributed by atoms with Crippen LogP contribution in [-0.4, -0.2) is 17.1 Å². The first kappa shape index (κ1) is 14.2. The van der Waals surface area contributed by atoms with Crippen molar-refractivity contribution in [2.45, 2.75) is 39.2 Å². The van der Waals surface area contributed by atoms with E-state index in [0.29, 0.717) is 11.1 Å². The van der Waals surface area contributed by atoms with E-state index in [1.165, 1.54) is 12.5 Å². The minimum Gasteiger partial charge on any atom is -0.478 e. The molecular formula is C15H20ClNO2. The smallest absolute Gasteiger partial charge is 0.335 e. The van der Waals surface area contributed by atoms with Gasteiger partial charge in [-0.15, -0.1) is 0 Å². The molecule has 1 aliphatic carbocycles. The fourth-order valence-electron chi connectivity index (χ4n) is 3.05. The highest BCUT2D eigenvalue weighted by Gasteiger charge is 2.24. The standard InChI is InChI=1S/C15H20ClNO2/c1-9-5-10(2)7-12(6-9)17-14-4-3-11(15(18)19)8-13(14)16/h3-4,8-10,12,17H,5-7H2,1-2H3,(H,18,19). The molecule has 0 saturated heterocycles. The Kier molecular flexibility index (Phi) is 4.35. The van der Waals surface area contributed by atoms with Crippen molar-refractivity contribution >= 4 is 23.3 Å². The first-order valence-electron chi connectivity index (χ1n) is 6.75. The fraction of sp³-hybridized carbons (Fsp3) is 0.533. The summed E-state index contributed by atoms with van der Waals surface area (Å²) in [4.78, 5) is 10.9. The number of anilines is 1. The second-order valence-electron chi connectivity index (χ2n) is 5.76. The van der Waals surface area contributed by atoms with Crippen LogP contribution in [0.5, 0.6) is 0 Å². The zero-order valence-corrected chi connectivity index (χ0v) is 12.1. The van der Waals surface area contributed by atoms with Crippen molar-refractivity contribution in [2.75, 3.05) is 5.32 Å². The van der Waals surface area contributed by atoms with E-state index in [4.69, 9.17) is 16.7 Å². The number of hydrogen-bond donors (Lipinski definition) is 2. The summed E-state index contributed by atoms with van der Waals surface area (Å²) < 4.78 is 0. The minimum absolute atomic E-state index is 0.223. The van der Waals surface area contributed by atoms with Gasteiger partial charge in [0, 0.05) is 6.04 Å². The molecule has 0 bridgehead atoms. The summed E-state index contributed by atoms with van der Waals surface area (Å²) in [6.45, 7) is 4.55. The quantitative estimate of drug-likeness (QED) is 0.870. The average molecular weight is 282 g/mol. The van der Waals surface area contributed by atoms with Gasteiger partial charge in [0.05, 0.1) is 16.3 Å². The Labute approximate surface area is 119 Å². The molecule has 1 aromatic carbocycles. The maximum atomic E-state index is 10.9. The van der Waals surface area contributed by atoms with E-state index in [1.54, 1.807) is 12.1 Å². The van der Waals surface area contributed by atoms with Gasteiger partial charge in [0.15, 0.2) is 0 Å². The van der Waals surface area contributed by atoms with Crippen molar-refractivity contribution in [3.63, 3.8) is 0 Å². The Hall–Kier alpha value is -1.22. The molecule has 0 spiro atoms. The topological polar surface area (TPSA) is 49.3 Å². The summed E-state index contributed by atoms with van der Waals surface area (Å²) in [6.07, 6.45) is 3.56. The van der Waals surface area contributed by atoms with Crippen LogP contribution in [0.1, 0.15) is 43.5 Å². The highest BCUT2D eigenvalue weighted by Crippen LogP contribution is 2.32. The minimum atomic E-state index is -0.951. The third-order valence-corrected chi connectivity index (χ3v) is 4.07. The van der Waals surface area contributed by atoms with E-state index in [9.17, 15) is 4.79 Å². The predicted octanol–water partition coefficient (Wildman–Crippen LogP) is 4.27. The van der Waals surface area contributed by atoms with Crippen molar-refractivity contribution in [3.05, 3.63) is 28.8 Å². The summed E-state index contributed by atoms with van der Waals surface area (Å²) in [7, 11) is 0. The van der Waals surface area contributed by atoms with Crippen LogP contribution >= 0.6 is 11.6 Å². The van der Waals surface area contributed by atoms with Crippen molar-refractivity contribution in [2.24, 2.45) is 11.8 Å². The lowest BCUT2D eigenvalue weighted by Crippen LogP contribution is -2.30. The summed E-state index contributed by atoms with van der Waals surface area (Å²) in [6, 6.07) is 5.27. The van der Waals surface area contributed by atoms with E-state index >= 15 is 0 Å². The molecular weight excluding hydrogens is 262 g/mol. The molecule has 1 aliphatic rings. The van der Waals surface area contributed by atoms with Gasteiger partial charge in [0.25, 0.3) is 0 Å².